The molecule has 1 aliphatic rings. The lowest BCUT2D eigenvalue weighted by molar-refractivity contribution is 0.229. The Morgan fingerprint density at radius 1 is 1.33 bits per heavy atom. The lowest BCUT2D eigenvalue weighted by Crippen LogP contribution is -2.34. The van der Waals surface area contributed by atoms with Gasteiger partial charge in [-0.2, -0.15) is 0 Å². The van der Waals surface area contributed by atoms with Gasteiger partial charge in [0.2, 0.25) is 10.0 Å². The lowest BCUT2D eigenvalue weighted by atomic mass is 10.1. The highest BCUT2D eigenvalue weighted by Crippen LogP contribution is 2.13. The molecular formula is C12H27N3O2S. The Morgan fingerprint density at radius 2 is 2.06 bits per heavy atom. The molecule has 0 radical (unpaired) electrons. The van der Waals surface area contributed by atoms with E-state index in [-0.39, 0.29) is 5.75 Å². The van der Waals surface area contributed by atoms with Gasteiger partial charge in [0.25, 0.3) is 0 Å². The molecule has 0 aromatic heterocycles. The molecule has 5 nitrogen and oxygen atoms in total. The summed E-state index contributed by atoms with van der Waals surface area (Å²) in [6.07, 6.45) is 4.14. The first kappa shape index (κ1) is 15.9. The maximum absolute atomic E-state index is 10.8. The van der Waals surface area contributed by atoms with Crippen LogP contribution in [0.2, 0.25) is 0 Å². The second kappa shape index (κ2) is 7.43. The first-order valence-corrected chi connectivity index (χ1v) is 8.58. The Hall–Kier alpha value is -0.170. The number of primary sulfonamides is 1. The quantitative estimate of drug-likeness (QED) is 0.694. The predicted octanol–water partition coefficient (Wildman–Crippen LogP) is 0.518. The Labute approximate surface area is 111 Å². The molecule has 1 aliphatic heterocycles. The van der Waals surface area contributed by atoms with Gasteiger partial charge in [-0.25, -0.2) is 13.6 Å². The maximum atomic E-state index is 10.8. The molecule has 1 atom stereocenters. The minimum absolute atomic E-state index is 0.0742. The summed E-state index contributed by atoms with van der Waals surface area (Å²) in [5.74, 6) is 0.0742. The molecule has 0 amide bonds. The van der Waals surface area contributed by atoms with Crippen molar-refractivity contribution in [3.05, 3.63) is 0 Å². The van der Waals surface area contributed by atoms with E-state index in [0.29, 0.717) is 18.5 Å². The van der Waals surface area contributed by atoms with Gasteiger partial charge >= 0.3 is 0 Å². The number of likely N-dealkylation sites (tertiary alicyclic amines) is 1. The molecule has 18 heavy (non-hydrogen) atoms. The fraction of sp³-hybridized carbons (Fsp3) is 1.00. The van der Waals surface area contributed by atoms with Crippen LogP contribution in [0.1, 0.15) is 39.5 Å². The van der Waals surface area contributed by atoms with E-state index in [1.54, 1.807) is 0 Å². The summed E-state index contributed by atoms with van der Waals surface area (Å²) in [6.45, 7) is 7.51. The average molecular weight is 277 g/mol. The molecule has 1 heterocycles. The summed E-state index contributed by atoms with van der Waals surface area (Å²) >= 11 is 0. The molecule has 3 N–H and O–H groups in total. The van der Waals surface area contributed by atoms with E-state index in [1.165, 1.54) is 19.4 Å². The number of sulfonamides is 1. The molecule has 0 bridgehead atoms. The van der Waals surface area contributed by atoms with Crippen LogP contribution < -0.4 is 10.5 Å². The molecule has 0 saturated carbocycles. The van der Waals surface area contributed by atoms with E-state index in [9.17, 15) is 8.42 Å². The van der Waals surface area contributed by atoms with Crippen LogP contribution in [0.25, 0.3) is 0 Å². The van der Waals surface area contributed by atoms with Crippen LogP contribution in [-0.4, -0.2) is 50.8 Å². The monoisotopic (exact) mass is 277 g/mol. The summed E-state index contributed by atoms with van der Waals surface area (Å²) in [7, 11) is -3.30. The number of hydrogen-bond donors (Lipinski definition) is 2. The van der Waals surface area contributed by atoms with E-state index < -0.39 is 10.0 Å². The second-order valence-corrected chi connectivity index (χ2v) is 7.17. The lowest BCUT2D eigenvalue weighted by Gasteiger charge is -2.24. The van der Waals surface area contributed by atoms with Gasteiger partial charge in [0, 0.05) is 12.1 Å². The van der Waals surface area contributed by atoms with Gasteiger partial charge in [0.1, 0.15) is 0 Å². The van der Waals surface area contributed by atoms with Gasteiger partial charge in [0.05, 0.1) is 5.75 Å². The molecule has 0 aromatic rings. The Balaban J connectivity index is 2.20. The van der Waals surface area contributed by atoms with Crippen LogP contribution in [0.5, 0.6) is 0 Å². The molecule has 1 rings (SSSR count). The molecule has 0 spiro atoms. The number of nitrogens with two attached hydrogens (primary N) is 1. The standard InChI is InChI=1S/C12H27N3O2S/c1-11(2)15-8-3-5-12(6-9-15)14-7-4-10-18(13,16)17/h11-12,14H,3-10H2,1-2H3,(H2,13,16,17). The van der Waals surface area contributed by atoms with Crippen LogP contribution in [0.3, 0.4) is 0 Å². The summed E-state index contributed by atoms with van der Waals surface area (Å²) in [5, 5.41) is 8.42. The molecule has 0 aromatic carbocycles. The van der Waals surface area contributed by atoms with E-state index in [4.69, 9.17) is 5.14 Å². The van der Waals surface area contributed by atoms with Crippen molar-refractivity contribution in [1.29, 1.82) is 0 Å². The van der Waals surface area contributed by atoms with Crippen LogP contribution in [0, 0.1) is 0 Å². The van der Waals surface area contributed by atoms with Crippen molar-refractivity contribution in [1.82, 2.24) is 10.2 Å². The van der Waals surface area contributed by atoms with E-state index in [1.807, 2.05) is 0 Å². The third-order valence-corrected chi connectivity index (χ3v) is 4.39. The summed E-state index contributed by atoms with van der Waals surface area (Å²) < 4.78 is 21.6. The minimum atomic E-state index is -3.30. The fourth-order valence-electron chi connectivity index (χ4n) is 2.42. The van der Waals surface area contributed by atoms with Crippen molar-refractivity contribution in [3.8, 4) is 0 Å². The van der Waals surface area contributed by atoms with Crippen molar-refractivity contribution >= 4 is 10.0 Å². The SMILES string of the molecule is CC(C)N1CCCC(NCCCS(N)(=O)=O)CC1. The molecule has 108 valence electrons. The third-order valence-electron chi connectivity index (χ3n) is 3.53. The van der Waals surface area contributed by atoms with Crippen molar-refractivity contribution in [2.45, 2.75) is 51.6 Å². The molecule has 0 aliphatic carbocycles. The zero-order valence-corrected chi connectivity index (χ0v) is 12.4. The number of nitrogens with zero attached hydrogens (tertiary/aromatic N) is 1. The van der Waals surface area contributed by atoms with Gasteiger partial charge in [-0.1, -0.05) is 0 Å². The number of nitrogens with one attached hydrogen (secondary N) is 1. The molecule has 1 unspecified atom stereocenters. The minimum Gasteiger partial charge on any atom is -0.314 e. The van der Waals surface area contributed by atoms with Crippen LogP contribution in [-0.2, 0) is 10.0 Å². The zero-order valence-electron chi connectivity index (χ0n) is 11.6. The predicted molar refractivity (Wildman–Crippen MR) is 74.9 cm³/mol. The van der Waals surface area contributed by atoms with Crippen LogP contribution >= 0.6 is 0 Å². The van der Waals surface area contributed by atoms with Gasteiger partial charge in [-0.15, -0.1) is 0 Å². The summed E-state index contributed by atoms with van der Waals surface area (Å²) in [6, 6.07) is 1.14. The van der Waals surface area contributed by atoms with E-state index >= 15 is 0 Å². The first-order chi connectivity index (χ1) is 8.38. The second-order valence-electron chi connectivity index (χ2n) is 5.43. The fourth-order valence-corrected chi connectivity index (χ4v) is 2.97. The summed E-state index contributed by atoms with van der Waals surface area (Å²) in [5.41, 5.74) is 0. The normalized spacial score (nSPS) is 23.2. The Bertz CT molecular complexity index is 330. The molecule has 6 heteroatoms. The van der Waals surface area contributed by atoms with Gasteiger partial charge in [-0.3, -0.25) is 0 Å². The van der Waals surface area contributed by atoms with Crippen molar-refractivity contribution in [2.24, 2.45) is 5.14 Å². The summed E-state index contributed by atoms with van der Waals surface area (Å²) in [4.78, 5) is 2.51. The molecule has 1 saturated heterocycles. The van der Waals surface area contributed by atoms with Crippen LogP contribution in [0.15, 0.2) is 0 Å². The average Bonchev–Trinajstić information content (AvgIpc) is 2.48. The van der Waals surface area contributed by atoms with E-state index in [2.05, 4.69) is 24.1 Å². The van der Waals surface area contributed by atoms with Gasteiger partial charge < -0.3 is 10.2 Å². The van der Waals surface area contributed by atoms with Crippen molar-refractivity contribution in [2.75, 3.05) is 25.4 Å². The maximum Gasteiger partial charge on any atom is 0.209 e. The number of hydrogen-bond acceptors (Lipinski definition) is 4. The highest BCUT2D eigenvalue weighted by molar-refractivity contribution is 7.89. The highest BCUT2D eigenvalue weighted by atomic mass is 32.2. The van der Waals surface area contributed by atoms with Crippen molar-refractivity contribution < 1.29 is 8.42 Å². The highest BCUT2D eigenvalue weighted by Gasteiger charge is 2.18. The Kier molecular flexibility index (Phi) is 6.55. The van der Waals surface area contributed by atoms with Gasteiger partial charge in [0.15, 0.2) is 0 Å². The largest absolute Gasteiger partial charge is 0.314 e. The number of rotatable bonds is 6. The van der Waals surface area contributed by atoms with E-state index in [0.717, 1.165) is 19.5 Å². The molecular weight excluding hydrogens is 250 g/mol. The molecule has 1 fully saturated rings. The smallest absolute Gasteiger partial charge is 0.209 e. The van der Waals surface area contributed by atoms with Crippen LogP contribution in [0.4, 0.5) is 0 Å². The Morgan fingerprint density at radius 3 is 2.67 bits per heavy atom. The topological polar surface area (TPSA) is 75.4 Å². The zero-order chi connectivity index (χ0) is 13.6. The first-order valence-electron chi connectivity index (χ1n) is 6.86. The van der Waals surface area contributed by atoms with Crippen molar-refractivity contribution in [3.63, 3.8) is 0 Å². The third kappa shape index (κ3) is 6.68. The van der Waals surface area contributed by atoms with Gasteiger partial charge in [-0.05, 0) is 59.2 Å².